The first-order valence-electron chi connectivity index (χ1n) is 3.05. The van der Waals surface area contributed by atoms with Gasteiger partial charge in [-0.15, -0.1) is 21.5 Å². The maximum absolute atomic E-state index is 5.54. The van der Waals surface area contributed by atoms with Crippen LogP contribution in [0, 0.1) is 0 Å². The smallest absolute Gasteiger partial charge is 0.124 e. The van der Waals surface area contributed by atoms with Crippen LogP contribution in [0.1, 0.15) is 0 Å². The zero-order valence-corrected chi connectivity index (χ0v) is 6.45. The number of hydrogen-bond acceptors (Lipinski definition) is 4. The van der Waals surface area contributed by atoms with Crippen LogP contribution in [0.25, 0.3) is 5.00 Å². The fraction of sp³-hybridized carbons (Fsp3) is 0. The number of thiophene rings is 1. The van der Waals surface area contributed by atoms with Crippen LogP contribution in [0.3, 0.4) is 0 Å². The second-order valence-electron chi connectivity index (χ2n) is 2.09. The number of hydrogen-bond donors (Lipinski definition) is 1. The van der Waals surface area contributed by atoms with Gasteiger partial charge in [0.2, 0.25) is 0 Å². The van der Waals surface area contributed by atoms with E-state index in [9.17, 15) is 0 Å². The van der Waals surface area contributed by atoms with Crippen molar-refractivity contribution in [3.8, 4) is 5.00 Å². The monoisotopic (exact) mass is 166 g/mol. The van der Waals surface area contributed by atoms with E-state index in [0.29, 0.717) is 0 Å². The van der Waals surface area contributed by atoms with Crippen LogP contribution in [0.4, 0.5) is 5.69 Å². The van der Waals surface area contributed by atoms with E-state index in [0.717, 1.165) is 10.7 Å². The van der Waals surface area contributed by atoms with E-state index in [4.69, 9.17) is 5.73 Å². The van der Waals surface area contributed by atoms with Gasteiger partial charge in [0.1, 0.15) is 17.7 Å². The summed E-state index contributed by atoms with van der Waals surface area (Å²) in [4.78, 5) is 0. The third-order valence-electron chi connectivity index (χ3n) is 1.28. The van der Waals surface area contributed by atoms with E-state index < -0.39 is 0 Å². The standard InChI is InChI=1S/C6H6N4S/c7-5-1-6(11-2-5)10-3-8-9-4-10/h1-4H,7H2. The van der Waals surface area contributed by atoms with Gasteiger partial charge < -0.3 is 5.73 Å². The molecule has 0 aliphatic rings. The van der Waals surface area contributed by atoms with E-state index >= 15 is 0 Å². The van der Waals surface area contributed by atoms with Crippen LogP contribution in [0.2, 0.25) is 0 Å². The number of nitrogen functional groups attached to an aromatic ring is 1. The van der Waals surface area contributed by atoms with Gasteiger partial charge in [0, 0.05) is 11.1 Å². The van der Waals surface area contributed by atoms with Crippen molar-refractivity contribution in [1.82, 2.24) is 14.8 Å². The van der Waals surface area contributed by atoms with E-state index in [1.807, 2.05) is 16.0 Å². The Labute approximate surface area is 67.3 Å². The molecule has 2 heterocycles. The second kappa shape index (κ2) is 2.35. The van der Waals surface area contributed by atoms with Gasteiger partial charge in [0.15, 0.2) is 0 Å². The molecule has 5 heteroatoms. The first-order valence-corrected chi connectivity index (χ1v) is 3.93. The molecule has 0 bridgehead atoms. The summed E-state index contributed by atoms with van der Waals surface area (Å²) in [5.74, 6) is 0. The highest BCUT2D eigenvalue weighted by Gasteiger charge is 1.97. The molecule has 0 aliphatic carbocycles. The molecule has 0 fully saturated rings. The highest BCUT2D eigenvalue weighted by Crippen LogP contribution is 2.19. The molecule has 0 unspecified atom stereocenters. The molecular formula is C6H6N4S. The van der Waals surface area contributed by atoms with E-state index in [2.05, 4.69) is 10.2 Å². The van der Waals surface area contributed by atoms with Gasteiger partial charge in [0.05, 0.1) is 0 Å². The van der Waals surface area contributed by atoms with Crippen molar-refractivity contribution < 1.29 is 0 Å². The fourth-order valence-corrected chi connectivity index (χ4v) is 1.53. The normalized spacial score (nSPS) is 10.2. The second-order valence-corrected chi connectivity index (χ2v) is 2.98. The number of rotatable bonds is 1. The average Bonchev–Trinajstić information content (AvgIpc) is 2.55. The Morgan fingerprint density at radius 3 is 2.64 bits per heavy atom. The molecule has 0 saturated carbocycles. The summed E-state index contributed by atoms with van der Waals surface area (Å²) in [6.07, 6.45) is 3.29. The molecule has 11 heavy (non-hydrogen) atoms. The van der Waals surface area contributed by atoms with E-state index in [-0.39, 0.29) is 0 Å². The highest BCUT2D eigenvalue weighted by molar-refractivity contribution is 7.13. The van der Waals surface area contributed by atoms with Gasteiger partial charge in [-0.05, 0) is 6.07 Å². The minimum atomic E-state index is 0.777. The van der Waals surface area contributed by atoms with Gasteiger partial charge in [-0.3, -0.25) is 4.57 Å². The lowest BCUT2D eigenvalue weighted by Gasteiger charge is -1.90. The van der Waals surface area contributed by atoms with Crippen molar-refractivity contribution in [3.63, 3.8) is 0 Å². The van der Waals surface area contributed by atoms with Crippen molar-refractivity contribution in [2.75, 3.05) is 5.73 Å². The molecule has 0 saturated heterocycles. The van der Waals surface area contributed by atoms with Gasteiger partial charge in [0.25, 0.3) is 0 Å². The molecule has 2 N–H and O–H groups in total. The molecule has 0 atom stereocenters. The SMILES string of the molecule is Nc1csc(-n2cnnc2)c1. The Morgan fingerprint density at radius 2 is 2.09 bits per heavy atom. The van der Waals surface area contributed by atoms with Crippen LogP contribution in [-0.4, -0.2) is 14.8 Å². The third-order valence-corrected chi connectivity index (χ3v) is 2.24. The summed E-state index contributed by atoms with van der Waals surface area (Å²) < 4.78 is 1.82. The molecule has 0 aromatic carbocycles. The molecule has 0 spiro atoms. The fourth-order valence-electron chi connectivity index (χ4n) is 0.789. The Kier molecular flexibility index (Phi) is 1.36. The minimum Gasteiger partial charge on any atom is -0.398 e. The van der Waals surface area contributed by atoms with Crippen LogP contribution >= 0.6 is 11.3 Å². The van der Waals surface area contributed by atoms with Crippen molar-refractivity contribution >= 4 is 17.0 Å². The number of aromatic nitrogens is 3. The maximum atomic E-state index is 5.54. The molecule has 0 amide bonds. The summed E-state index contributed by atoms with van der Waals surface area (Å²) >= 11 is 1.57. The van der Waals surface area contributed by atoms with Crippen molar-refractivity contribution in [1.29, 1.82) is 0 Å². The number of nitrogens with two attached hydrogens (primary N) is 1. The lowest BCUT2D eigenvalue weighted by atomic mass is 10.5. The minimum absolute atomic E-state index is 0.777. The van der Waals surface area contributed by atoms with E-state index in [1.54, 1.807) is 24.0 Å². The zero-order chi connectivity index (χ0) is 7.68. The van der Waals surface area contributed by atoms with Gasteiger partial charge in [-0.1, -0.05) is 0 Å². The lowest BCUT2D eigenvalue weighted by Crippen LogP contribution is -1.84. The highest BCUT2D eigenvalue weighted by atomic mass is 32.1. The topological polar surface area (TPSA) is 56.7 Å². The molecule has 2 aromatic heterocycles. The summed E-state index contributed by atoms with van der Waals surface area (Å²) in [5, 5.41) is 10.3. The summed E-state index contributed by atoms with van der Waals surface area (Å²) in [6, 6.07) is 1.88. The summed E-state index contributed by atoms with van der Waals surface area (Å²) in [7, 11) is 0. The Balaban J connectivity index is 2.45. The van der Waals surface area contributed by atoms with Crippen LogP contribution in [-0.2, 0) is 0 Å². The molecule has 56 valence electrons. The maximum Gasteiger partial charge on any atom is 0.124 e. The third kappa shape index (κ3) is 1.10. The Morgan fingerprint density at radius 1 is 1.36 bits per heavy atom. The zero-order valence-electron chi connectivity index (χ0n) is 5.64. The van der Waals surface area contributed by atoms with E-state index in [1.165, 1.54) is 0 Å². The number of anilines is 1. The molecule has 2 rings (SSSR count). The molecular weight excluding hydrogens is 160 g/mol. The van der Waals surface area contributed by atoms with Gasteiger partial charge >= 0.3 is 0 Å². The van der Waals surface area contributed by atoms with Crippen molar-refractivity contribution in [3.05, 3.63) is 24.1 Å². The van der Waals surface area contributed by atoms with Crippen molar-refractivity contribution in [2.24, 2.45) is 0 Å². The average molecular weight is 166 g/mol. The van der Waals surface area contributed by atoms with Gasteiger partial charge in [-0.2, -0.15) is 0 Å². The van der Waals surface area contributed by atoms with Crippen LogP contribution < -0.4 is 5.73 Å². The molecule has 0 radical (unpaired) electrons. The largest absolute Gasteiger partial charge is 0.398 e. The molecule has 4 nitrogen and oxygen atoms in total. The number of nitrogens with zero attached hydrogens (tertiary/aromatic N) is 3. The summed E-state index contributed by atoms with van der Waals surface area (Å²) in [5.41, 5.74) is 6.32. The Hall–Kier alpha value is -1.36. The quantitative estimate of drug-likeness (QED) is 0.685. The van der Waals surface area contributed by atoms with Crippen LogP contribution in [0.15, 0.2) is 24.1 Å². The molecule has 2 aromatic rings. The molecule has 0 aliphatic heterocycles. The first-order chi connectivity index (χ1) is 5.36. The first kappa shape index (κ1) is 6.36. The predicted molar refractivity (Wildman–Crippen MR) is 43.6 cm³/mol. The van der Waals surface area contributed by atoms with Crippen molar-refractivity contribution in [2.45, 2.75) is 0 Å². The van der Waals surface area contributed by atoms with Crippen LogP contribution in [0.5, 0.6) is 0 Å². The predicted octanol–water partition coefficient (Wildman–Crippen LogP) is 0.911. The summed E-state index contributed by atoms with van der Waals surface area (Å²) in [6.45, 7) is 0. The van der Waals surface area contributed by atoms with Gasteiger partial charge in [-0.25, -0.2) is 0 Å². The lowest BCUT2D eigenvalue weighted by molar-refractivity contribution is 1.09. The Bertz CT molecular complexity index is 337.